The maximum Gasteiger partial charge on any atom is 0.0700 e. The van der Waals surface area contributed by atoms with Gasteiger partial charge in [-0.1, -0.05) is 23.7 Å². The number of benzene rings is 1. The van der Waals surface area contributed by atoms with Gasteiger partial charge in [0.15, 0.2) is 0 Å². The molecule has 0 aliphatic carbocycles. The number of rotatable bonds is 9. The Morgan fingerprint density at radius 3 is 2.78 bits per heavy atom. The zero-order chi connectivity index (χ0) is 13.2. The molecule has 0 spiro atoms. The molecule has 0 aromatic heterocycles. The quantitative estimate of drug-likeness (QED) is 0.702. The minimum atomic E-state index is 0.167. The Morgan fingerprint density at radius 1 is 1.28 bits per heavy atom. The zero-order valence-corrected chi connectivity index (χ0v) is 11.5. The van der Waals surface area contributed by atoms with Crippen molar-refractivity contribution in [3.05, 3.63) is 34.9 Å². The van der Waals surface area contributed by atoms with Gasteiger partial charge in [-0.25, -0.2) is 0 Å². The first-order valence-electron chi connectivity index (χ1n) is 6.18. The van der Waals surface area contributed by atoms with Gasteiger partial charge in [0.25, 0.3) is 0 Å². The second kappa shape index (κ2) is 9.34. The Labute approximate surface area is 114 Å². The number of hydrogen-bond donors (Lipinski definition) is 1. The van der Waals surface area contributed by atoms with E-state index >= 15 is 0 Å². The molecule has 18 heavy (non-hydrogen) atoms. The van der Waals surface area contributed by atoms with Gasteiger partial charge in [0.2, 0.25) is 0 Å². The van der Waals surface area contributed by atoms with Gasteiger partial charge < -0.3 is 14.6 Å². The lowest BCUT2D eigenvalue weighted by molar-refractivity contribution is 0.0588. The Morgan fingerprint density at radius 2 is 2.11 bits per heavy atom. The van der Waals surface area contributed by atoms with Crippen LogP contribution in [-0.2, 0) is 15.9 Å². The highest BCUT2D eigenvalue weighted by Crippen LogP contribution is 2.16. The van der Waals surface area contributed by atoms with Crippen molar-refractivity contribution in [1.82, 2.24) is 0 Å². The molecule has 0 heterocycles. The Kier molecular flexibility index (Phi) is 8.01. The molecule has 1 aromatic carbocycles. The summed E-state index contributed by atoms with van der Waals surface area (Å²) in [6.07, 6.45) is 1.66. The molecule has 3 nitrogen and oxygen atoms in total. The van der Waals surface area contributed by atoms with Crippen molar-refractivity contribution in [3.63, 3.8) is 0 Å². The normalized spacial score (nSPS) is 12.6. The Balaban J connectivity index is 2.28. The van der Waals surface area contributed by atoms with Crippen LogP contribution in [-0.4, -0.2) is 38.6 Å². The predicted molar refractivity (Wildman–Crippen MR) is 73.0 cm³/mol. The fraction of sp³-hybridized carbons (Fsp3) is 0.571. The monoisotopic (exact) mass is 272 g/mol. The minimum Gasteiger partial charge on any atom is -0.396 e. The van der Waals surface area contributed by atoms with Crippen LogP contribution in [0.4, 0.5) is 0 Å². The van der Waals surface area contributed by atoms with Crippen LogP contribution in [0.15, 0.2) is 24.3 Å². The molecule has 1 unspecified atom stereocenters. The number of halogens is 1. The van der Waals surface area contributed by atoms with E-state index in [2.05, 4.69) is 0 Å². The zero-order valence-electron chi connectivity index (χ0n) is 10.8. The van der Waals surface area contributed by atoms with Gasteiger partial charge in [0, 0.05) is 25.3 Å². The van der Waals surface area contributed by atoms with E-state index in [9.17, 15) is 5.11 Å². The van der Waals surface area contributed by atoms with E-state index in [0.717, 1.165) is 23.4 Å². The molecule has 1 aromatic rings. The van der Waals surface area contributed by atoms with Gasteiger partial charge in [0.05, 0.1) is 13.2 Å². The fourth-order valence-electron chi connectivity index (χ4n) is 1.75. The number of aliphatic hydroxyl groups excluding tert-OH is 1. The van der Waals surface area contributed by atoms with Gasteiger partial charge in [-0.15, -0.1) is 0 Å². The molecule has 0 bridgehead atoms. The summed E-state index contributed by atoms with van der Waals surface area (Å²) in [6.45, 7) is 2.03. The number of aliphatic hydroxyl groups is 1. The van der Waals surface area contributed by atoms with Crippen LogP contribution < -0.4 is 0 Å². The van der Waals surface area contributed by atoms with Crippen LogP contribution in [0.2, 0.25) is 5.02 Å². The van der Waals surface area contributed by atoms with Crippen molar-refractivity contribution in [1.29, 1.82) is 0 Å². The van der Waals surface area contributed by atoms with Crippen LogP contribution >= 0.6 is 11.6 Å². The van der Waals surface area contributed by atoms with Crippen LogP contribution in [0.3, 0.4) is 0 Å². The number of methoxy groups -OCH3 is 1. The summed E-state index contributed by atoms with van der Waals surface area (Å²) in [4.78, 5) is 0. The highest BCUT2D eigenvalue weighted by molar-refractivity contribution is 6.30. The lowest BCUT2D eigenvalue weighted by atomic mass is 9.97. The van der Waals surface area contributed by atoms with E-state index in [1.165, 1.54) is 0 Å². The summed E-state index contributed by atoms with van der Waals surface area (Å²) in [5.74, 6) is 0.214. The van der Waals surface area contributed by atoms with E-state index in [0.29, 0.717) is 19.8 Å². The van der Waals surface area contributed by atoms with Crippen LogP contribution in [0.25, 0.3) is 0 Å². The predicted octanol–water partition coefficient (Wildman–Crippen LogP) is 2.54. The molecule has 0 aliphatic heterocycles. The molecule has 4 heteroatoms. The van der Waals surface area contributed by atoms with E-state index in [4.69, 9.17) is 21.1 Å². The summed E-state index contributed by atoms with van der Waals surface area (Å²) in [6, 6.07) is 7.75. The standard InChI is InChI=1S/C14H21ClO3/c1-17-7-8-18-6-5-13(11-16)9-12-3-2-4-14(15)10-12/h2-4,10,13,16H,5-9,11H2,1H3. The molecule has 1 atom stereocenters. The maximum atomic E-state index is 9.35. The van der Waals surface area contributed by atoms with E-state index < -0.39 is 0 Å². The molecular formula is C14H21ClO3. The first-order chi connectivity index (χ1) is 8.76. The van der Waals surface area contributed by atoms with Gasteiger partial charge in [-0.3, -0.25) is 0 Å². The van der Waals surface area contributed by atoms with Crippen molar-refractivity contribution in [3.8, 4) is 0 Å². The molecule has 0 saturated carbocycles. The number of hydrogen-bond acceptors (Lipinski definition) is 3. The molecule has 0 radical (unpaired) electrons. The topological polar surface area (TPSA) is 38.7 Å². The van der Waals surface area contributed by atoms with Crippen LogP contribution in [0.5, 0.6) is 0 Å². The van der Waals surface area contributed by atoms with Crippen molar-refractivity contribution < 1.29 is 14.6 Å². The third kappa shape index (κ3) is 6.36. The summed E-state index contributed by atoms with van der Waals surface area (Å²) in [5, 5.41) is 10.1. The third-order valence-corrected chi connectivity index (χ3v) is 3.01. The lowest BCUT2D eigenvalue weighted by Gasteiger charge is -2.14. The first kappa shape index (κ1) is 15.4. The molecule has 0 saturated heterocycles. The maximum absolute atomic E-state index is 9.35. The largest absolute Gasteiger partial charge is 0.396 e. The Hall–Kier alpha value is -0.610. The molecule has 1 rings (SSSR count). The van der Waals surface area contributed by atoms with Crippen LogP contribution in [0.1, 0.15) is 12.0 Å². The molecule has 102 valence electrons. The van der Waals surface area contributed by atoms with Crippen molar-refractivity contribution in [2.75, 3.05) is 33.5 Å². The third-order valence-electron chi connectivity index (χ3n) is 2.77. The van der Waals surface area contributed by atoms with E-state index in [1.54, 1.807) is 7.11 Å². The van der Waals surface area contributed by atoms with Crippen molar-refractivity contribution in [2.24, 2.45) is 5.92 Å². The average Bonchev–Trinajstić information content (AvgIpc) is 2.37. The van der Waals surface area contributed by atoms with Gasteiger partial charge in [0.1, 0.15) is 0 Å². The van der Waals surface area contributed by atoms with Crippen molar-refractivity contribution in [2.45, 2.75) is 12.8 Å². The number of ether oxygens (including phenoxy) is 2. The molecule has 1 N–H and O–H groups in total. The highest BCUT2D eigenvalue weighted by atomic mass is 35.5. The summed E-state index contributed by atoms with van der Waals surface area (Å²) < 4.78 is 10.3. The summed E-state index contributed by atoms with van der Waals surface area (Å²) >= 11 is 5.93. The molecule has 0 fully saturated rings. The van der Waals surface area contributed by atoms with E-state index in [1.807, 2.05) is 24.3 Å². The lowest BCUT2D eigenvalue weighted by Crippen LogP contribution is -2.14. The Bertz CT molecular complexity index is 331. The minimum absolute atomic E-state index is 0.167. The highest BCUT2D eigenvalue weighted by Gasteiger charge is 2.09. The smallest absolute Gasteiger partial charge is 0.0700 e. The second-order valence-corrected chi connectivity index (χ2v) is 4.71. The SMILES string of the molecule is COCCOCCC(CO)Cc1cccc(Cl)c1. The summed E-state index contributed by atoms with van der Waals surface area (Å²) in [5.41, 5.74) is 1.15. The van der Waals surface area contributed by atoms with Crippen molar-refractivity contribution >= 4 is 11.6 Å². The molecule has 0 amide bonds. The van der Waals surface area contributed by atoms with Gasteiger partial charge >= 0.3 is 0 Å². The fourth-order valence-corrected chi connectivity index (χ4v) is 1.96. The van der Waals surface area contributed by atoms with Gasteiger partial charge in [-0.05, 0) is 36.5 Å². The molecular weight excluding hydrogens is 252 g/mol. The van der Waals surface area contributed by atoms with E-state index in [-0.39, 0.29) is 12.5 Å². The molecule has 0 aliphatic rings. The second-order valence-electron chi connectivity index (χ2n) is 4.28. The van der Waals surface area contributed by atoms with Crippen LogP contribution in [0, 0.1) is 5.92 Å². The summed E-state index contributed by atoms with van der Waals surface area (Å²) in [7, 11) is 1.65. The van der Waals surface area contributed by atoms with Gasteiger partial charge in [-0.2, -0.15) is 0 Å². The average molecular weight is 273 g/mol. The first-order valence-corrected chi connectivity index (χ1v) is 6.56.